The molecule has 0 spiro atoms. The smallest absolute Gasteiger partial charge is 0.221 e. The van der Waals surface area contributed by atoms with Crippen LogP contribution in [0.2, 0.25) is 0 Å². The molecule has 0 bridgehead atoms. The molecule has 1 fully saturated rings. The van der Waals surface area contributed by atoms with Gasteiger partial charge < -0.3 is 10.4 Å². The van der Waals surface area contributed by atoms with Gasteiger partial charge in [0, 0.05) is 12.1 Å². The Kier molecular flexibility index (Phi) is 2.27. The summed E-state index contributed by atoms with van der Waals surface area (Å²) in [7, 11) is 0. The number of benzene rings is 1. The van der Waals surface area contributed by atoms with Gasteiger partial charge in [-0.05, 0) is 49.4 Å². The summed E-state index contributed by atoms with van der Waals surface area (Å²) in [4.78, 5) is 4.57. The molecule has 5 nitrogen and oxygen atoms in total. The van der Waals surface area contributed by atoms with E-state index in [2.05, 4.69) is 20.1 Å². The summed E-state index contributed by atoms with van der Waals surface area (Å²) < 4.78 is 2.06. The lowest BCUT2D eigenvalue weighted by molar-refractivity contribution is 0.375. The van der Waals surface area contributed by atoms with E-state index in [1.54, 1.807) is 12.1 Å². The van der Waals surface area contributed by atoms with Gasteiger partial charge in [0.2, 0.25) is 5.95 Å². The van der Waals surface area contributed by atoms with Crippen molar-refractivity contribution in [2.75, 3.05) is 11.9 Å². The number of aromatic hydroxyl groups is 1. The van der Waals surface area contributed by atoms with Gasteiger partial charge in [0.1, 0.15) is 5.75 Å². The number of anilines is 1. The molecule has 1 aliphatic carbocycles. The van der Waals surface area contributed by atoms with Crippen molar-refractivity contribution < 1.29 is 5.11 Å². The summed E-state index contributed by atoms with van der Waals surface area (Å²) in [5.74, 6) is 2.66. The normalized spacial score (nSPS) is 21.8. The molecule has 5 heteroatoms. The number of hydrogen-bond acceptors (Lipinski definition) is 4. The van der Waals surface area contributed by atoms with Gasteiger partial charge in [0.05, 0.1) is 6.04 Å². The third kappa shape index (κ3) is 1.85. The second-order valence-electron chi connectivity index (χ2n) is 5.37. The summed E-state index contributed by atoms with van der Waals surface area (Å²) in [5, 5.41) is 17.3. The van der Waals surface area contributed by atoms with E-state index in [9.17, 15) is 5.11 Å². The topological polar surface area (TPSA) is 63.0 Å². The summed E-state index contributed by atoms with van der Waals surface area (Å²) in [5.41, 5.74) is 0.941. The number of nitrogens with zero attached hydrogens (tertiary/aromatic N) is 3. The first-order valence-corrected chi connectivity index (χ1v) is 6.81. The molecule has 2 N–H and O–H groups in total. The predicted molar refractivity (Wildman–Crippen MR) is 72.0 cm³/mol. The summed E-state index contributed by atoms with van der Waals surface area (Å²) in [6, 6.07) is 7.54. The Bertz CT molecular complexity index is 600. The molecule has 4 rings (SSSR count). The lowest BCUT2D eigenvalue weighted by Crippen LogP contribution is -2.25. The Hall–Kier alpha value is -2.04. The fraction of sp³-hybridized carbons (Fsp3) is 0.429. The van der Waals surface area contributed by atoms with E-state index in [1.807, 2.05) is 12.1 Å². The number of nitrogens with one attached hydrogen (secondary N) is 1. The Balaban J connectivity index is 1.73. The van der Waals surface area contributed by atoms with Crippen LogP contribution in [-0.2, 0) is 0 Å². The lowest BCUT2D eigenvalue weighted by Gasteiger charge is -2.23. The molecule has 1 aromatic carbocycles. The van der Waals surface area contributed by atoms with Crippen LogP contribution >= 0.6 is 0 Å². The van der Waals surface area contributed by atoms with Gasteiger partial charge in [-0.25, -0.2) is 4.68 Å². The number of fused-ring (bicyclic) bond motifs is 1. The standard InChI is InChI=1S/C14H16N4O/c19-11-5-3-10(4-6-11)13-16-14-15-8-7-12(9-1-2-9)18(14)17-13/h3-6,9,12,19H,1-2,7-8H2,(H,15,16,17). The molecular weight excluding hydrogens is 240 g/mol. The molecule has 1 unspecified atom stereocenters. The molecule has 19 heavy (non-hydrogen) atoms. The van der Waals surface area contributed by atoms with Gasteiger partial charge in [0.15, 0.2) is 5.82 Å². The molecule has 1 atom stereocenters. The molecule has 1 aliphatic heterocycles. The number of phenolic OH excluding ortho intramolecular Hbond substituents is 1. The molecule has 2 heterocycles. The minimum Gasteiger partial charge on any atom is -0.508 e. The van der Waals surface area contributed by atoms with Crippen LogP contribution in [0.15, 0.2) is 24.3 Å². The van der Waals surface area contributed by atoms with E-state index >= 15 is 0 Å². The third-order valence-corrected chi connectivity index (χ3v) is 3.96. The molecule has 2 aliphatic rings. The molecule has 1 aromatic heterocycles. The zero-order chi connectivity index (χ0) is 12.8. The van der Waals surface area contributed by atoms with Gasteiger partial charge in [-0.15, -0.1) is 5.10 Å². The minimum absolute atomic E-state index is 0.265. The van der Waals surface area contributed by atoms with Crippen LogP contribution in [0.5, 0.6) is 5.75 Å². The third-order valence-electron chi connectivity index (χ3n) is 3.96. The van der Waals surface area contributed by atoms with E-state index in [0.717, 1.165) is 36.2 Å². The highest BCUT2D eigenvalue weighted by molar-refractivity contribution is 5.57. The summed E-state index contributed by atoms with van der Waals surface area (Å²) >= 11 is 0. The van der Waals surface area contributed by atoms with E-state index in [0.29, 0.717) is 6.04 Å². The van der Waals surface area contributed by atoms with Crippen molar-refractivity contribution in [1.82, 2.24) is 14.8 Å². The molecular formula is C14H16N4O. The maximum atomic E-state index is 9.33. The van der Waals surface area contributed by atoms with E-state index in [1.165, 1.54) is 12.8 Å². The van der Waals surface area contributed by atoms with Crippen LogP contribution in [0.3, 0.4) is 0 Å². The van der Waals surface area contributed by atoms with E-state index in [4.69, 9.17) is 0 Å². The predicted octanol–water partition coefficient (Wildman–Crippen LogP) is 2.42. The van der Waals surface area contributed by atoms with Crippen molar-refractivity contribution in [2.24, 2.45) is 5.92 Å². The Morgan fingerprint density at radius 2 is 1.95 bits per heavy atom. The molecule has 0 amide bonds. The minimum atomic E-state index is 0.265. The van der Waals surface area contributed by atoms with Crippen LogP contribution in [-0.4, -0.2) is 26.4 Å². The fourth-order valence-electron chi connectivity index (χ4n) is 2.78. The Morgan fingerprint density at radius 1 is 1.16 bits per heavy atom. The van der Waals surface area contributed by atoms with E-state index < -0.39 is 0 Å². The second-order valence-corrected chi connectivity index (χ2v) is 5.37. The average molecular weight is 256 g/mol. The molecule has 2 aromatic rings. The van der Waals surface area contributed by atoms with Crippen LogP contribution in [0.4, 0.5) is 5.95 Å². The highest BCUT2D eigenvalue weighted by atomic mass is 16.3. The van der Waals surface area contributed by atoms with Crippen molar-refractivity contribution in [2.45, 2.75) is 25.3 Å². The first kappa shape index (κ1) is 10.8. The van der Waals surface area contributed by atoms with Gasteiger partial charge in [-0.2, -0.15) is 4.98 Å². The van der Waals surface area contributed by atoms with Crippen LogP contribution in [0, 0.1) is 5.92 Å². The Labute approximate surface area is 111 Å². The molecule has 0 radical (unpaired) electrons. The number of aromatic nitrogens is 3. The van der Waals surface area contributed by atoms with Crippen molar-refractivity contribution in [3.05, 3.63) is 24.3 Å². The average Bonchev–Trinajstić information content (AvgIpc) is 3.17. The van der Waals surface area contributed by atoms with Crippen molar-refractivity contribution in [1.29, 1.82) is 0 Å². The van der Waals surface area contributed by atoms with Crippen molar-refractivity contribution in [3.63, 3.8) is 0 Å². The molecule has 0 saturated heterocycles. The van der Waals surface area contributed by atoms with Crippen molar-refractivity contribution >= 4 is 5.95 Å². The molecule has 98 valence electrons. The fourth-order valence-corrected chi connectivity index (χ4v) is 2.78. The summed E-state index contributed by atoms with van der Waals surface area (Å²) in [6.07, 6.45) is 3.77. The van der Waals surface area contributed by atoms with Gasteiger partial charge in [0.25, 0.3) is 0 Å². The quantitative estimate of drug-likeness (QED) is 0.866. The van der Waals surface area contributed by atoms with E-state index in [-0.39, 0.29) is 5.75 Å². The first-order chi connectivity index (χ1) is 9.31. The highest BCUT2D eigenvalue weighted by Crippen LogP contribution is 2.43. The van der Waals surface area contributed by atoms with Crippen LogP contribution in [0.1, 0.15) is 25.3 Å². The van der Waals surface area contributed by atoms with Gasteiger partial charge >= 0.3 is 0 Å². The zero-order valence-corrected chi connectivity index (χ0v) is 10.6. The monoisotopic (exact) mass is 256 g/mol. The van der Waals surface area contributed by atoms with Crippen molar-refractivity contribution in [3.8, 4) is 17.1 Å². The zero-order valence-electron chi connectivity index (χ0n) is 10.6. The number of hydrogen-bond donors (Lipinski definition) is 2. The maximum Gasteiger partial charge on any atom is 0.221 e. The number of phenols is 1. The number of rotatable bonds is 2. The largest absolute Gasteiger partial charge is 0.508 e. The Morgan fingerprint density at radius 3 is 2.68 bits per heavy atom. The van der Waals surface area contributed by atoms with Gasteiger partial charge in [-0.1, -0.05) is 0 Å². The van der Waals surface area contributed by atoms with Gasteiger partial charge in [-0.3, -0.25) is 0 Å². The second kappa shape index (κ2) is 3.98. The maximum absolute atomic E-state index is 9.33. The first-order valence-electron chi connectivity index (χ1n) is 6.81. The highest BCUT2D eigenvalue weighted by Gasteiger charge is 2.36. The molecule has 1 saturated carbocycles. The lowest BCUT2D eigenvalue weighted by atomic mass is 10.1. The summed E-state index contributed by atoms with van der Waals surface area (Å²) in [6.45, 7) is 0.981. The van der Waals surface area contributed by atoms with Crippen LogP contribution in [0.25, 0.3) is 11.4 Å². The SMILES string of the molecule is Oc1ccc(-c2nc3n(n2)C(C2CC2)CCN3)cc1. The van der Waals surface area contributed by atoms with Crippen LogP contribution < -0.4 is 5.32 Å².